The molecule has 2 atom stereocenters. The van der Waals surface area contributed by atoms with Gasteiger partial charge in [-0.3, -0.25) is 21.1 Å². The molecule has 0 aliphatic carbocycles. The maximum Gasteiger partial charge on any atom is 0.0931 e. The molecular weight excluding hydrogens is 268 g/mol. The highest BCUT2D eigenvalue weighted by molar-refractivity contribution is 7.16. The molecule has 1 aromatic heterocycles. The van der Waals surface area contributed by atoms with Crippen molar-refractivity contribution in [2.45, 2.75) is 18.5 Å². The van der Waals surface area contributed by atoms with Crippen molar-refractivity contribution in [3.63, 3.8) is 0 Å². The van der Waals surface area contributed by atoms with Crippen LogP contribution in [0.3, 0.4) is 0 Å². The first-order valence-electron chi connectivity index (χ1n) is 6.43. The molecule has 3 fully saturated rings. The molecule has 0 amide bonds. The van der Waals surface area contributed by atoms with Crippen molar-refractivity contribution < 1.29 is 0 Å². The van der Waals surface area contributed by atoms with Crippen molar-refractivity contribution >= 4 is 22.9 Å². The van der Waals surface area contributed by atoms with E-state index in [9.17, 15) is 0 Å². The van der Waals surface area contributed by atoms with E-state index in [1.165, 1.54) is 31.1 Å². The summed E-state index contributed by atoms with van der Waals surface area (Å²) in [6, 6.07) is 4.90. The van der Waals surface area contributed by atoms with Gasteiger partial charge >= 0.3 is 0 Å². The van der Waals surface area contributed by atoms with Crippen LogP contribution in [0.5, 0.6) is 0 Å². The van der Waals surface area contributed by atoms with Gasteiger partial charge in [-0.25, -0.2) is 0 Å². The average molecular weight is 287 g/mol. The fourth-order valence-electron chi connectivity index (χ4n) is 3.02. The number of hydrazine groups is 1. The summed E-state index contributed by atoms with van der Waals surface area (Å²) in [6.45, 7) is 5.90. The van der Waals surface area contributed by atoms with Crippen LogP contribution in [0.4, 0.5) is 0 Å². The minimum absolute atomic E-state index is 0.308. The first-order chi connectivity index (χ1) is 8.76. The summed E-state index contributed by atoms with van der Waals surface area (Å²) in [5, 5.41) is 0. The zero-order valence-corrected chi connectivity index (χ0v) is 11.9. The molecule has 2 bridgehead atoms. The molecule has 0 aromatic carbocycles. The molecule has 6 heteroatoms. The smallest absolute Gasteiger partial charge is 0.0931 e. The molecule has 100 valence electrons. The van der Waals surface area contributed by atoms with E-state index in [-0.39, 0.29) is 0 Å². The second-order valence-electron chi connectivity index (χ2n) is 5.09. The Morgan fingerprint density at radius 3 is 2.67 bits per heavy atom. The number of nitrogens with zero attached hydrogens (tertiary/aromatic N) is 2. The summed E-state index contributed by atoms with van der Waals surface area (Å²) in [5.41, 5.74) is 3.01. The largest absolute Gasteiger partial charge is 0.299 e. The van der Waals surface area contributed by atoms with Crippen LogP contribution in [-0.2, 0) is 6.42 Å². The highest BCUT2D eigenvalue weighted by Crippen LogP contribution is 2.25. The summed E-state index contributed by atoms with van der Waals surface area (Å²) < 4.78 is 0.856. The quantitative estimate of drug-likeness (QED) is 0.634. The third-order valence-corrected chi connectivity index (χ3v) is 5.30. The van der Waals surface area contributed by atoms with Crippen LogP contribution in [0.15, 0.2) is 12.1 Å². The fraction of sp³-hybridized carbons (Fsp3) is 0.667. The minimum atomic E-state index is 0.308. The minimum Gasteiger partial charge on any atom is -0.299 e. The molecule has 4 nitrogen and oxygen atoms in total. The maximum atomic E-state index is 5.98. The topological polar surface area (TPSA) is 44.5 Å². The zero-order chi connectivity index (χ0) is 12.5. The molecule has 3 N–H and O–H groups in total. The lowest BCUT2D eigenvalue weighted by Gasteiger charge is -2.50. The van der Waals surface area contributed by atoms with Gasteiger partial charge in [0.25, 0.3) is 0 Å². The van der Waals surface area contributed by atoms with Crippen LogP contribution in [0, 0.1) is 0 Å². The number of halogens is 1. The maximum absolute atomic E-state index is 5.98. The van der Waals surface area contributed by atoms with Crippen LogP contribution in [0.25, 0.3) is 0 Å². The third-order valence-electron chi connectivity index (χ3n) is 4.05. The van der Waals surface area contributed by atoms with E-state index in [4.69, 9.17) is 17.4 Å². The van der Waals surface area contributed by atoms with Gasteiger partial charge < -0.3 is 0 Å². The lowest BCUT2D eigenvalue weighted by molar-refractivity contribution is -0.00303. The molecule has 3 aliphatic heterocycles. The highest BCUT2D eigenvalue weighted by Gasteiger charge is 2.36. The molecule has 4 heterocycles. The summed E-state index contributed by atoms with van der Waals surface area (Å²) >= 11 is 7.64. The number of rotatable bonds is 4. The van der Waals surface area contributed by atoms with Crippen LogP contribution in [0.1, 0.15) is 4.88 Å². The number of fused-ring (bicyclic) bond motifs is 3. The van der Waals surface area contributed by atoms with Gasteiger partial charge in [-0.15, -0.1) is 11.3 Å². The van der Waals surface area contributed by atoms with E-state index < -0.39 is 0 Å². The SMILES string of the molecule is NNC(Cc1ccc(Cl)s1)C1CN2CCN1CC2. The molecule has 0 spiro atoms. The number of nitrogens with one attached hydrogen (secondary N) is 1. The Balaban J connectivity index is 1.68. The molecule has 3 saturated heterocycles. The Bertz CT molecular complexity index is 403. The van der Waals surface area contributed by atoms with Gasteiger partial charge in [-0.05, 0) is 12.1 Å². The van der Waals surface area contributed by atoms with E-state index >= 15 is 0 Å². The lowest BCUT2D eigenvalue weighted by atomic mass is 9.97. The van der Waals surface area contributed by atoms with Crippen molar-refractivity contribution in [3.05, 3.63) is 21.3 Å². The first-order valence-corrected chi connectivity index (χ1v) is 7.62. The lowest BCUT2D eigenvalue weighted by Crippen LogP contribution is -2.67. The third kappa shape index (κ3) is 2.57. The van der Waals surface area contributed by atoms with Gasteiger partial charge in [0.1, 0.15) is 0 Å². The van der Waals surface area contributed by atoms with Crippen molar-refractivity contribution in [2.75, 3.05) is 32.7 Å². The number of nitrogens with two attached hydrogens (primary N) is 1. The molecule has 0 radical (unpaired) electrons. The predicted octanol–water partition coefficient (Wildman–Crippen LogP) is 0.776. The molecule has 2 unspecified atom stereocenters. The van der Waals surface area contributed by atoms with Crippen LogP contribution >= 0.6 is 22.9 Å². The van der Waals surface area contributed by atoms with E-state index in [1.54, 1.807) is 11.3 Å². The van der Waals surface area contributed by atoms with Gasteiger partial charge in [-0.2, -0.15) is 0 Å². The number of piperazine rings is 3. The van der Waals surface area contributed by atoms with Crippen molar-refractivity contribution in [1.82, 2.24) is 15.2 Å². The van der Waals surface area contributed by atoms with Crippen molar-refractivity contribution in [1.29, 1.82) is 0 Å². The molecule has 3 aliphatic rings. The first kappa shape index (κ1) is 12.8. The van der Waals surface area contributed by atoms with E-state index in [2.05, 4.69) is 21.3 Å². The number of hydrogen-bond acceptors (Lipinski definition) is 5. The van der Waals surface area contributed by atoms with E-state index in [1.807, 2.05) is 6.07 Å². The van der Waals surface area contributed by atoms with Gasteiger partial charge in [-0.1, -0.05) is 11.6 Å². The van der Waals surface area contributed by atoms with Gasteiger partial charge in [0, 0.05) is 56.1 Å². The fourth-order valence-corrected chi connectivity index (χ4v) is 4.17. The standard InChI is InChI=1S/C12H19ClN4S/c13-12-2-1-9(18-12)7-10(15-14)11-8-16-3-5-17(11)6-4-16/h1-2,10-11,15H,3-8,14H2. The van der Waals surface area contributed by atoms with E-state index in [0.29, 0.717) is 12.1 Å². The van der Waals surface area contributed by atoms with Crippen molar-refractivity contribution in [3.8, 4) is 0 Å². The zero-order valence-electron chi connectivity index (χ0n) is 10.3. The second kappa shape index (κ2) is 5.45. The number of thiophene rings is 1. The molecule has 18 heavy (non-hydrogen) atoms. The van der Waals surface area contributed by atoms with Crippen molar-refractivity contribution in [2.24, 2.45) is 5.84 Å². The summed E-state index contributed by atoms with van der Waals surface area (Å²) in [5.74, 6) is 5.77. The molecule has 0 saturated carbocycles. The van der Waals surface area contributed by atoms with Crippen LogP contribution in [-0.4, -0.2) is 54.6 Å². The molecule has 1 aromatic rings. The summed E-state index contributed by atoms with van der Waals surface area (Å²) in [6.07, 6.45) is 0.961. The normalized spacial score (nSPS) is 32.7. The Kier molecular flexibility index (Phi) is 3.89. The summed E-state index contributed by atoms with van der Waals surface area (Å²) in [4.78, 5) is 6.41. The second-order valence-corrected chi connectivity index (χ2v) is 6.89. The Labute approximate surface area is 117 Å². The summed E-state index contributed by atoms with van der Waals surface area (Å²) in [7, 11) is 0. The van der Waals surface area contributed by atoms with Crippen LogP contribution in [0.2, 0.25) is 4.34 Å². The van der Waals surface area contributed by atoms with Gasteiger partial charge in [0.15, 0.2) is 0 Å². The Hall–Kier alpha value is -0.170. The molecular formula is C12H19ClN4S. The van der Waals surface area contributed by atoms with Crippen LogP contribution < -0.4 is 11.3 Å². The molecule has 4 rings (SSSR count). The van der Waals surface area contributed by atoms with Gasteiger partial charge in [0.2, 0.25) is 0 Å². The monoisotopic (exact) mass is 286 g/mol. The van der Waals surface area contributed by atoms with E-state index in [0.717, 1.165) is 17.3 Å². The highest BCUT2D eigenvalue weighted by atomic mass is 35.5. The van der Waals surface area contributed by atoms with Gasteiger partial charge in [0.05, 0.1) is 4.34 Å². The predicted molar refractivity (Wildman–Crippen MR) is 75.9 cm³/mol. The Morgan fingerprint density at radius 2 is 2.17 bits per heavy atom. The average Bonchev–Trinajstić information content (AvgIpc) is 2.83. The Morgan fingerprint density at radius 1 is 1.39 bits per heavy atom. The number of hydrogen-bond donors (Lipinski definition) is 2.